The van der Waals surface area contributed by atoms with E-state index in [4.69, 9.17) is 9.52 Å². The molecule has 0 spiro atoms. The van der Waals surface area contributed by atoms with Crippen LogP contribution in [-0.4, -0.2) is 35.6 Å². The minimum atomic E-state index is -3.47. The van der Waals surface area contributed by atoms with E-state index in [-0.39, 0.29) is 15.8 Å². The van der Waals surface area contributed by atoms with Crippen molar-refractivity contribution in [2.24, 2.45) is 0 Å². The van der Waals surface area contributed by atoms with Crippen molar-refractivity contribution in [3.63, 3.8) is 0 Å². The molecule has 1 unspecified atom stereocenters. The Morgan fingerprint density at radius 1 is 1.29 bits per heavy atom. The molecule has 2 N–H and O–H groups in total. The standard InChI is InChI=1S/C18H32FN3O3S2Si/c1-17(2,3)25-16(23)22-10-9-13-12(11-22)14(19)15(26-13)27(20,24)21-28(7,8)18(4,5)6/h9-11H2,1-8H3,(H2,20,21,24). The van der Waals surface area contributed by atoms with Gasteiger partial charge in [0.2, 0.25) is 0 Å². The van der Waals surface area contributed by atoms with Crippen LogP contribution in [0.1, 0.15) is 52.0 Å². The highest BCUT2D eigenvalue weighted by atomic mass is 32.2. The van der Waals surface area contributed by atoms with Crippen molar-refractivity contribution in [2.45, 2.75) is 82.5 Å². The van der Waals surface area contributed by atoms with Gasteiger partial charge >= 0.3 is 6.09 Å². The van der Waals surface area contributed by atoms with Gasteiger partial charge in [0, 0.05) is 23.4 Å². The Kier molecular flexibility index (Phi) is 6.14. The number of nitrogens with zero attached hydrogens (tertiary/aromatic N) is 1. The zero-order valence-corrected chi connectivity index (χ0v) is 20.6. The normalized spacial score (nSPS) is 17.8. The fraction of sp³-hybridized carbons (Fsp3) is 0.722. The van der Waals surface area contributed by atoms with Gasteiger partial charge < -0.3 is 9.64 Å². The fourth-order valence-electron chi connectivity index (χ4n) is 2.56. The molecule has 2 heterocycles. The predicted molar refractivity (Wildman–Crippen MR) is 114 cm³/mol. The molecule has 6 nitrogen and oxygen atoms in total. The van der Waals surface area contributed by atoms with Gasteiger partial charge in [0.1, 0.15) is 23.8 Å². The Labute approximate surface area is 173 Å². The highest BCUT2D eigenvalue weighted by Gasteiger charge is 2.40. The molecule has 0 aromatic carbocycles. The average Bonchev–Trinajstić information content (AvgIpc) is 2.81. The first-order chi connectivity index (χ1) is 12.4. The first-order valence-corrected chi connectivity index (χ1v) is 14.7. The Bertz CT molecular complexity index is 868. The zero-order valence-electron chi connectivity index (χ0n) is 18.0. The molecule has 2 rings (SSSR count). The zero-order chi connectivity index (χ0) is 21.7. The summed E-state index contributed by atoms with van der Waals surface area (Å²) in [6, 6.07) is 0. The highest BCUT2D eigenvalue weighted by Crippen LogP contribution is 2.38. The van der Waals surface area contributed by atoms with Crippen LogP contribution in [0.5, 0.6) is 0 Å². The number of thiophene rings is 1. The first-order valence-electron chi connectivity index (χ1n) is 9.30. The molecule has 1 amide bonds. The molecule has 0 radical (unpaired) electrons. The molecule has 1 aliphatic rings. The van der Waals surface area contributed by atoms with Crippen LogP contribution in [0.4, 0.5) is 9.18 Å². The summed E-state index contributed by atoms with van der Waals surface area (Å²) < 4.78 is 45.0. The largest absolute Gasteiger partial charge is 0.444 e. The number of hydrogen-bond acceptors (Lipinski definition) is 5. The van der Waals surface area contributed by atoms with Gasteiger partial charge in [-0.25, -0.2) is 22.6 Å². The van der Waals surface area contributed by atoms with Crippen LogP contribution >= 0.6 is 11.3 Å². The summed E-state index contributed by atoms with van der Waals surface area (Å²) in [6.45, 7) is 15.9. The summed E-state index contributed by atoms with van der Waals surface area (Å²) in [5.41, 5.74) is -0.271. The van der Waals surface area contributed by atoms with Crippen LogP contribution in [0.3, 0.4) is 0 Å². The maximum Gasteiger partial charge on any atom is 0.410 e. The van der Waals surface area contributed by atoms with Gasteiger partial charge in [-0.2, -0.15) is 0 Å². The monoisotopic (exact) mass is 449 g/mol. The molecule has 0 saturated carbocycles. The number of carbonyl (C=O) groups is 1. The van der Waals surface area contributed by atoms with E-state index in [0.29, 0.717) is 18.5 Å². The minimum Gasteiger partial charge on any atom is -0.444 e. The van der Waals surface area contributed by atoms with Gasteiger partial charge in [0.15, 0.2) is 10.0 Å². The average molecular weight is 450 g/mol. The number of halogens is 1. The van der Waals surface area contributed by atoms with Crippen LogP contribution in [0.25, 0.3) is 0 Å². The minimum absolute atomic E-state index is 0.0617. The van der Waals surface area contributed by atoms with Crippen molar-refractivity contribution in [1.29, 1.82) is 4.78 Å². The third kappa shape index (κ3) is 4.95. The van der Waals surface area contributed by atoms with Crippen LogP contribution in [0, 0.1) is 10.6 Å². The molecule has 1 aromatic rings. The molecular formula is C18H32FN3O3S2Si. The van der Waals surface area contributed by atoms with Gasteiger partial charge in [-0.05, 0) is 25.8 Å². The maximum absolute atomic E-state index is 15.2. The van der Waals surface area contributed by atoms with Crippen LogP contribution in [-0.2, 0) is 27.6 Å². The van der Waals surface area contributed by atoms with Crippen molar-refractivity contribution < 1.29 is 18.1 Å². The van der Waals surface area contributed by atoms with Crippen LogP contribution in [0.2, 0.25) is 18.1 Å². The number of hydrogen-bond donors (Lipinski definition) is 2. The Morgan fingerprint density at radius 3 is 2.36 bits per heavy atom. The van der Waals surface area contributed by atoms with Gasteiger partial charge in [0.25, 0.3) is 0 Å². The fourth-order valence-corrected chi connectivity index (χ4v) is 9.45. The van der Waals surface area contributed by atoms with Crippen molar-refractivity contribution in [3.05, 3.63) is 16.3 Å². The Morgan fingerprint density at radius 2 is 1.86 bits per heavy atom. The smallest absolute Gasteiger partial charge is 0.410 e. The first kappa shape index (κ1) is 23.3. The maximum atomic E-state index is 15.2. The predicted octanol–water partition coefficient (Wildman–Crippen LogP) is 5.10. The quantitative estimate of drug-likeness (QED) is 0.630. The summed E-state index contributed by atoms with van der Waals surface area (Å²) in [6.07, 6.45) is -0.0255. The van der Waals surface area contributed by atoms with E-state index in [2.05, 4.69) is 4.39 Å². The van der Waals surface area contributed by atoms with Crippen LogP contribution in [0.15, 0.2) is 4.21 Å². The lowest BCUT2D eigenvalue weighted by atomic mass is 10.1. The Hall–Kier alpha value is -0.973. The number of ether oxygens (including phenoxy) is 1. The van der Waals surface area contributed by atoms with Crippen molar-refractivity contribution >= 4 is 35.6 Å². The van der Waals surface area contributed by atoms with E-state index in [1.54, 1.807) is 20.8 Å². The SMILES string of the molecule is CC(C)(C)OC(=O)N1CCc2sc(S(=N)(=O)N[Si](C)(C)C(C)(C)C)c(F)c2C1. The van der Waals surface area contributed by atoms with E-state index in [1.807, 2.05) is 33.9 Å². The lowest BCUT2D eigenvalue weighted by Gasteiger charge is -2.37. The third-order valence-corrected chi connectivity index (χ3v) is 14.8. The second-order valence-electron chi connectivity index (χ2n) is 9.79. The van der Waals surface area contributed by atoms with E-state index >= 15 is 4.39 Å². The highest BCUT2D eigenvalue weighted by molar-refractivity contribution is 7.94. The lowest BCUT2D eigenvalue weighted by molar-refractivity contribution is 0.0223. The van der Waals surface area contributed by atoms with Gasteiger partial charge in [-0.3, -0.25) is 0 Å². The molecular weight excluding hydrogens is 417 g/mol. The summed E-state index contributed by atoms with van der Waals surface area (Å²) >= 11 is 1.09. The molecule has 160 valence electrons. The molecule has 0 fully saturated rings. The number of carbonyl (C=O) groups excluding carboxylic acids is 1. The molecule has 28 heavy (non-hydrogen) atoms. The number of amides is 1. The molecule has 0 bridgehead atoms. The van der Waals surface area contributed by atoms with Gasteiger partial charge in [-0.15, -0.1) is 11.3 Å². The lowest BCUT2D eigenvalue weighted by Crippen LogP contribution is -2.54. The summed E-state index contributed by atoms with van der Waals surface area (Å²) in [7, 11) is -5.75. The summed E-state index contributed by atoms with van der Waals surface area (Å²) in [5, 5.41) is -0.141. The molecule has 1 atom stereocenters. The number of fused-ring (bicyclic) bond motifs is 1. The van der Waals surface area contributed by atoms with E-state index in [0.717, 1.165) is 16.2 Å². The van der Waals surface area contributed by atoms with Crippen molar-refractivity contribution in [1.82, 2.24) is 9.29 Å². The van der Waals surface area contributed by atoms with E-state index < -0.39 is 35.7 Å². The Balaban J connectivity index is 2.30. The third-order valence-electron chi connectivity index (χ3n) is 5.14. The molecule has 10 heteroatoms. The van der Waals surface area contributed by atoms with E-state index in [9.17, 15) is 9.00 Å². The molecule has 1 aromatic heterocycles. The molecule has 1 aliphatic heterocycles. The molecule has 0 saturated heterocycles. The summed E-state index contributed by atoms with van der Waals surface area (Å²) in [4.78, 5) is 14.5. The molecule has 0 aliphatic carbocycles. The number of nitrogens with one attached hydrogen (secondary N) is 2. The van der Waals surface area contributed by atoms with E-state index in [1.165, 1.54) is 4.90 Å². The van der Waals surface area contributed by atoms with Gasteiger partial charge in [0.05, 0.1) is 6.54 Å². The topological polar surface area (TPSA) is 82.5 Å². The second kappa shape index (κ2) is 7.37. The second-order valence-corrected chi connectivity index (χ2v) is 18.2. The van der Waals surface area contributed by atoms with Gasteiger partial charge in [-0.1, -0.05) is 33.9 Å². The van der Waals surface area contributed by atoms with Crippen LogP contribution < -0.4 is 4.39 Å². The van der Waals surface area contributed by atoms with Crippen molar-refractivity contribution in [2.75, 3.05) is 6.54 Å². The van der Waals surface area contributed by atoms with Crippen molar-refractivity contribution in [3.8, 4) is 0 Å². The summed E-state index contributed by atoms with van der Waals surface area (Å²) in [5.74, 6) is -0.625. The number of rotatable bonds is 3.